The van der Waals surface area contributed by atoms with Gasteiger partial charge in [-0.05, 0) is 43.3 Å². The van der Waals surface area contributed by atoms with E-state index in [9.17, 15) is 4.79 Å². The van der Waals surface area contributed by atoms with Crippen molar-refractivity contribution >= 4 is 5.91 Å². The summed E-state index contributed by atoms with van der Waals surface area (Å²) in [5.74, 6) is 1.44. The summed E-state index contributed by atoms with van der Waals surface area (Å²) in [6.45, 7) is 2.80. The van der Waals surface area contributed by atoms with Crippen LogP contribution in [0.5, 0.6) is 0 Å². The van der Waals surface area contributed by atoms with Gasteiger partial charge >= 0.3 is 0 Å². The molecular formula is C18H17NO3. The fourth-order valence-electron chi connectivity index (χ4n) is 2.26. The summed E-state index contributed by atoms with van der Waals surface area (Å²) in [4.78, 5) is 14.5. The van der Waals surface area contributed by atoms with Crippen LogP contribution in [-0.4, -0.2) is 10.8 Å². The van der Waals surface area contributed by atoms with Gasteiger partial charge in [-0.25, -0.2) is 0 Å². The van der Waals surface area contributed by atoms with E-state index in [-0.39, 0.29) is 5.91 Å². The first-order valence-electron chi connectivity index (χ1n) is 7.13. The predicted octanol–water partition coefficient (Wildman–Crippen LogP) is 4.02. The van der Waals surface area contributed by atoms with Gasteiger partial charge < -0.3 is 13.7 Å². The third-order valence-corrected chi connectivity index (χ3v) is 3.44. The van der Waals surface area contributed by atoms with Crippen molar-refractivity contribution in [2.45, 2.75) is 20.0 Å². The molecule has 0 aliphatic heterocycles. The Labute approximate surface area is 129 Å². The molecule has 4 nitrogen and oxygen atoms in total. The molecule has 0 fully saturated rings. The molecule has 1 amide bonds. The van der Waals surface area contributed by atoms with Gasteiger partial charge in [-0.2, -0.15) is 0 Å². The summed E-state index contributed by atoms with van der Waals surface area (Å²) >= 11 is 0. The molecule has 1 aromatic carbocycles. The second-order valence-corrected chi connectivity index (χ2v) is 5.19. The lowest BCUT2D eigenvalue weighted by atomic mass is 10.1. The van der Waals surface area contributed by atoms with Gasteiger partial charge in [-0.3, -0.25) is 4.79 Å². The number of carbonyl (C=O) groups excluding carboxylic acids is 1. The molecule has 2 aromatic heterocycles. The zero-order valence-electron chi connectivity index (χ0n) is 12.4. The Balaban J connectivity index is 1.83. The van der Waals surface area contributed by atoms with Crippen molar-refractivity contribution < 1.29 is 13.6 Å². The summed E-state index contributed by atoms with van der Waals surface area (Å²) in [5.41, 5.74) is 1.78. The van der Waals surface area contributed by atoms with Crippen LogP contribution in [0.3, 0.4) is 0 Å². The van der Waals surface area contributed by atoms with Gasteiger partial charge in [0.1, 0.15) is 11.5 Å². The van der Waals surface area contributed by atoms with E-state index in [1.54, 1.807) is 17.4 Å². The first kappa shape index (κ1) is 14.2. The molecule has 0 atom stereocenters. The maximum Gasteiger partial charge on any atom is 0.254 e. The number of hydrogen-bond donors (Lipinski definition) is 0. The van der Waals surface area contributed by atoms with Crippen LogP contribution in [-0.2, 0) is 13.1 Å². The lowest BCUT2D eigenvalue weighted by Crippen LogP contribution is -2.29. The highest BCUT2D eigenvalue weighted by atomic mass is 16.3. The van der Waals surface area contributed by atoms with E-state index < -0.39 is 0 Å². The van der Waals surface area contributed by atoms with Crippen molar-refractivity contribution in [3.05, 3.63) is 83.7 Å². The van der Waals surface area contributed by atoms with Crippen LogP contribution in [0.2, 0.25) is 0 Å². The molecule has 0 aliphatic rings. The predicted molar refractivity (Wildman–Crippen MR) is 82.2 cm³/mol. The molecule has 3 rings (SSSR count). The molecule has 0 aliphatic carbocycles. The van der Waals surface area contributed by atoms with Gasteiger partial charge in [0.15, 0.2) is 0 Å². The van der Waals surface area contributed by atoms with Crippen molar-refractivity contribution in [3.63, 3.8) is 0 Å². The third kappa shape index (κ3) is 3.28. The minimum absolute atomic E-state index is 0.0483. The van der Waals surface area contributed by atoms with Gasteiger partial charge in [0.25, 0.3) is 5.91 Å². The molecule has 0 unspecified atom stereocenters. The molecule has 22 heavy (non-hydrogen) atoms. The van der Waals surface area contributed by atoms with E-state index in [0.717, 1.165) is 17.1 Å². The van der Waals surface area contributed by atoms with Crippen LogP contribution in [0, 0.1) is 6.92 Å². The molecular weight excluding hydrogens is 278 g/mol. The van der Waals surface area contributed by atoms with Crippen molar-refractivity contribution in [3.8, 4) is 0 Å². The number of rotatable bonds is 5. The Morgan fingerprint density at radius 1 is 0.909 bits per heavy atom. The zero-order valence-corrected chi connectivity index (χ0v) is 12.4. The quantitative estimate of drug-likeness (QED) is 0.714. The summed E-state index contributed by atoms with van der Waals surface area (Å²) in [6.07, 6.45) is 3.22. The van der Waals surface area contributed by atoms with Gasteiger partial charge in [0.05, 0.1) is 25.6 Å². The number of carbonyl (C=O) groups is 1. The maximum absolute atomic E-state index is 12.8. The summed E-state index contributed by atoms with van der Waals surface area (Å²) in [5, 5.41) is 0. The van der Waals surface area contributed by atoms with Gasteiger partial charge in [0, 0.05) is 5.56 Å². The minimum atomic E-state index is -0.0483. The normalized spacial score (nSPS) is 10.6. The Hall–Kier alpha value is -2.75. The second-order valence-electron chi connectivity index (χ2n) is 5.19. The minimum Gasteiger partial charge on any atom is -0.467 e. The summed E-state index contributed by atoms with van der Waals surface area (Å²) < 4.78 is 10.7. The molecule has 2 heterocycles. The summed E-state index contributed by atoms with van der Waals surface area (Å²) in [7, 11) is 0. The van der Waals surface area contributed by atoms with E-state index >= 15 is 0 Å². The van der Waals surface area contributed by atoms with Gasteiger partial charge in [-0.15, -0.1) is 0 Å². The smallest absolute Gasteiger partial charge is 0.254 e. The highest BCUT2D eigenvalue weighted by Crippen LogP contribution is 2.15. The SMILES string of the molecule is Cc1ccc(C(=O)N(Cc2ccco2)Cc2ccco2)cc1. The average Bonchev–Trinajstić information content (AvgIpc) is 3.20. The second kappa shape index (κ2) is 6.35. The van der Waals surface area contributed by atoms with Crippen LogP contribution in [0.15, 0.2) is 69.9 Å². The third-order valence-electron chi connectivity index (χ3n) is 3.44. The lowest BCUT2D eigenvalue weighted by Gasteiger charge is -2.20. The lowest BCUT2D eigenvalue weighted by molar-refractivity contribution is 0.0705. The van der Waals surface area contributed by atoms with Crippen LogP contribution in [0.4, 0.5) is 0 Å². The Morgan fingerprint density at radius 3 is 1.91 bits per heavy atom. The highest BCUT2D eigenvalue weighted by Gasteiger charge is 2.18. The van der Waals surface area contributed by atoms with E-state index in [2.05, 4.69) is 0 Å². The zero-order chi connectivity index (χ0) is 15.4. The monoisotopic (exact) mass is 295 g/mol. The van der Waals surface area contributed by atoms with E-state index in [0.29, 0.717) is 18.7 Å². The number of furan rings is 2. The highest BCUT2D eigenvalue weighted by molar-refractivity contribution is 5.94. The Kier molecular flexibility index (Phi) is 4.10. The van der Waals surface area contributed by atoms with Crippen LogP contribution < -0.4 is 0 Å². The van der Waals surface area contributed by atoms with Gasteiger partial charge in [-0.1, -0.05) is 17.7 Å². The molecule has 0 spiro atoms. The molecule has 0 saturated carbocycles. The van der Waals surface area contributed by atoms with Crippen LogP contribution in [0.1, 0.15) is 27.4 Å². The fourth-order valence-corrected chi connectivity index (χ4v) is 2.26. The van der Waals surface area contributed by atoms with Crippen molar-refractivity contribution in [1.82, 2.24) is 4.90 Å². The number of aryl methyl sites for hydroxylation is 1. The number of hydrogen-bond acceptors (Lipinski definition) is 3. The molecule has 112 valence electrons. The fraction of sp³-hybridized carbons (Fsp3) is 0.167. The molecule has 0 saturated heterocycles. The van der Waals surface area contributed by atoms with Crippen LogP contribution in [0.25, 0.3) is 0 Å². The van der Waals surface area contributed by atoms with Crippen molar-refractivity contribution in [2.75, 3.05) is 0 Å². The largest absolute Gasteiger partial charge is 0.467 e. The first-order chi connectivity index (χ1) is 10.7. The molecule has 0 bridgehead atoms. The topological polar surface area (TPSA) is 46.6 Å². The number of nitrogens with zero attached hydrogens (tertiary/aromatic N) is 1. The van der Waals surface area contributed by atoms with E-state index in [1.165, 1.54) is 0 Å². The average molecular weight is 295 g/mol. The molecule has 0 radical (unpaired) electrons. The Bertz CT molecular complexity index is 676. The van der Waals surface area contributed by atoms with Crippen molar-refractivity contribution in [1.29, 1.82) is 0 Å². The van der Waals surface area contributed by atoms with E-state index in [4.69, 9.17) is 8.83 Å². The number of benzene rings is 1. The molecule has 3 aromatic rings. The first-order valence-corrected chi connectivity index (χ1v) is 7.13. The molecule has 0 N–H and O–H groups in total. The number of amides is 1. The van der Waals surface area contributed by atoms with Gasteiger partial charge in [0.2, 0.25) is 0 Å². The van der Waals surface area contributed by atoms with Crippen LogP contribution >= 0.6 is 0 Å². The standard InChI is InChI=1S/C18H17NO3/c1-14-6-8-15(9-7-14)18(20)19(12-16-4-2-10-21-16)13-17-5-3-11-22-17/h2-11H,12-13H2,1H3. The van der Waals surface area contributed by atoms with E-state index in [1.807, 2.05) is 55.5 Å². The molecule has 4 heteroatoms. The maximum atomic E-state index is 12.8. The van der Waals surface area contributed by atoms with Crippen molar-refractivity contribution in [2.24, 2.45) is 0 Å². The Morgan fingerprint density at radius 2 is 1.45 bits per heavy atom. The summed E-state index contributed by atoms with van der Waals surface area (Å²) in [6, 6.07) is 14.9.